The number of anilines is 1. The zero-order valence-electron chi connectivity index (χ0n) is 11.7. The number of carbonyl (C=O) groups is 2. The summed E-state index contributed by atoms with van der Waals surface area (Å²) in [6.45, 7) is 6.08. The molecule has 1 aromatic heterocycles. The molecular weight excluding hydrogens is 340 g/mol. The quantitative estimate of drug-likeness (QED) is 0.827. The number of hydrogen-bond acceptors (Lipinski definition) is 4. The van der Waals surface area contributed by atoms with Gasteiger partial charge in [0.25, 0.3) is 0 Å². The Balaban J connectivity index is 2.02. The van der Waals surface area contributed by atoms with Gasteiger partial charge in [-0.25, -0.2) is 4.98 Å². The maximum atomic E-state index is 12.9. The van der Waals surface area contributed by atoms with E-state index in [4.69, 9.17) is 0 Å². The third-order valence-corrected chi connectivity index (χ3v) is 7.66. The van der Waals surface area contributed by atoms with Gasteiger partial charge in [-0.1, -0.05) is 36.7 Å². The number of nitrogens with zero attached hydrogens (tertiary/aromatic N) is 1. The van der Waals surface area contributed by atoms with Gasteiger partial charge in [0, 0.05) is 17.0 Å². The summed E-state index contributed by atoms with van der Waals surface area (Å²) in [6.07, 6.45) is 3.16. The van der Waals surface area contributed by atoms with Crippen LogP contribution in [0.1, 0.15) is 33.6 Å². The Labute approximate surface area is 130 Å². The van der Waals surface area contributed by atoms with E-state index < -0.39 is 15.7 Å². The van der Waals surface area contributed by atoms with Crippen molar-refractivity contribution in [3.05, 3.63) is 11.6 Å². The average molecular weight is 357 g/mol. The molecule has 20 heavy (non-hydrogen) atoms. The Bertz CT molecular complexity index is 586. The van der Waals surface area contributed by atoms with E-state index in [0.717, 1.165) is 12.8 Å². The van der Waals surface area contributed by atoms with Crippen molar-refractivity contribution < 1.29 is 9.59 Å². The normalized spacial score (nSPS) is 38.2. The molecule has 0 unspecified atom stereocenters. The summed E-state index contributed by atoms with van der Waals surface area (Å²) in [6, 6.07) is 0. The molecule has 0 radical (unpaired) electrons. The van der Waals surface area contributed by atoms with Gasteiger partial charge in [-0.2, -0.15) is 0 Å². The van der Waals surface area contributed by atoms with Crippen molar-refractivity contribution in [2.75, 3.05) is 5.32 Å². The summed E-state index contributed by atoms with van der Waals surface area (Å²) in [4.78, 5) is 29.1. The molecule has 0 spiro atoms. The van der Waals surface area contributed by atoms with Gasteiger partial charge in [-0.3, -0.25) is 9.59 Å². The average Bonchev–Trinajstić information content (AvgIpc) is 2.97. The van der Waals surface area contributed by atoms with Gasteiger partial charge in [-0.05, 0) is 18.3 Å². The second kappa shape index (κ2) is 4.13. The number of hydrogen-bond donors (Lipinski definition) is 1. The highest BCUT2D eigenvalue weighted by molar-refractivity contribution is 9.10. The van der Waals surface area contributed by atoms with Crippen molar-refractivity contribution >= 4 is 44.1 Å². The fourth-order valence-electron chi connectivity index (χ4n) is 3.95. The van der Waals surface area contributed by atoms with Crippen molar-refractivity contribution in [2.24, 2.45) is 16.2 Å². The van der Waals surface area contributed by atoms with E-state index in [1.54, 1.807) is 6.20 Å². The van der Waals surface area contributed by atoms with Crippen LogP contribution < -0.4 is 5.32 Å². The Morgan fingerprint density at radius 2 is 2.15 bits per heavy atom. The van der Waals surface area contributed by atoms with Crippen LogP contribution >= 0.6 is 27.3 Å². The fraction of sp³-hybridized carbons (Fsp3) is 0.643. The van der Waals surface area contributed by atoms with Crippen LogP contribution in [-0.4, -0.2) is 21.5 Å². The highest BCUT2D eigenvalue weighted by Gasteiger charge is 2.76. The number of nitrogens with one attached hydrogen (secondary N) is 1. The summed E-state index contributed by atoms with van der Waals surface area (Å²) >= 11 is 4.90. The van der Waals surface area contributed by atoms with Gasteiger partial charge < -0.3 is 5.32 Å². The van der Waals surface area contributed by atoms with E-state index in [9.17, 15) is 9.59 Å². The first-order chi connectivity index (χ1) is 9.27. The molecule has 6 heteroatoms. The molecule has 2 bridgehead atoms. The first-order valence-corrected chi connectivity index (χ1v) is 8.46. The van der Waals surface area contributed by atoms with Crippen molar-refractivity contribution in [3.8, 4) is 0 Å². The summed E-state index contributed by atoms with van der Waals surface area (Å²) in [7, 11) is 0. The predicted octanol–water partition coefficient (Wildman–Crippen LogP) is 3.24. The topological polar surface area (TPSA) is 59.1 Å². The molecule has 108 valence electrons. The lowest BCUT2D eigenvalue weighted by Crippen LogP contribution is -2.47. The molecule has 2 aliphatic rings. The van der Waals surface area contributed by atoms with Crippen LogP contribution in [0.3, 0.4) is 0 Å². The molecule has 1 N–H and O–H groups in total. The Kier molecular flexibility index (Phi) is 2.93. The van der Waals surface area contributed by atoms with Gasteiger partial charge >= 0.3 is 0 Å². The van der Waals surface area contributed by atoms with Crippen molar-refractivity contribution in [1.29, 1.82) is 0 Å². The number of fused-ring (bicyclic) bond motifs is 2. The molecule has 0 saturated heterocycles. The van der Waals surface area contributed by atoms with Crippen LogP contribution in [0.5, 0.6) is 0 Å². The minimum absolute atomic E-state index is 0.0890. The lowest BCUT2D eigenvalue weighted by Gasteiger charge is -2.39. The summed E-state index contributed by atoms with van der Waals surface area (Å²) < 4.78 is 0. The van der Waals surface area contributed by atoms with Crippen molar-refractivity contribution in [2.45, 2.75) is 38.4 Å². The molecule has 2 aliphatic carbocycles. The van der Waals surface area contributed by atoms with E-state index in [1.165, 1.54) is 11.3 Å². The van der Waals surface area contributed by atoms with Gasteiger partial charge in [-0.15, -0.1) is 11.3 Å². The third kappa shape index (κ3) is 1.39. The van der Waals surface area contributed by atoms with Gasteiger partial charge in [0.2, 0.25) is 5.91 Å². The Morgan fingerprint density at radius 3 is 2.65 bits per heavy atom. The molecule has 4 nitrogen and oxygen atoms in total. The highest BCUT2D eigenvalue weighted by Crippen LogP contribution is 2.72. The Hall–Kier alpha value is -0.750. The standard InChI is InChI=1S/C14H17BrN2O2S/c1-12(2)13(3)4-5-14(12,8(15)9(13)18)10(19)17-11-16-6-7-20-11/h6-8H,4-5H2,1-3H3,(H,16,17,19)/t8-,13+,14-/m1/s1. The zero-order valence-corrected chi connectivity index (χ0v) is 14.1. The van der Waals surface area contributed by atoms with E-state index in [2.05, 4.69) is 26.2 Å². The number of amides is 1. The number of alkyl halides is 1. The second-order valence-corrected chi connectivity index (χ2v) is 8.26. The molecule has 2 saturated carbocycles. The minimum Gasteiger partial charge on any atom is -0.301 e. The van der Waals surface area contributed by atoms with Gasteiger partial charge in [0.15, 0.2) is 10.9 Å². The number of Topliss-reactive ketones (excluding diaryl/α,β-unsaturated/α-hetero) is 1. The number of carbonyl (C=O) groups excluding carboxylic acids is 2. The highest BCUT2D eigenvalue weighted by atomic mass is 79.9. The summed E-state index contributed by atoms with van der Waals surface area (Å²) in [5.74, 6) is 0.0666. The van der Waals surface area contributed by atoms with Crippen LogP contribution in [-0.2, 0) is 9.59 Å². The lowest BCUT2D eigenvalue weighted by molar-refractivity contribution is -0.130. The number of thiazole rings is 1. The number of halogens is 1. The molecular formula is C14H17BrN2O2S. The lowest BCUT2D eigenvalue weighted by atomic mass is 9.64. The third-order valence-electron chi connectivity index (χ3n) is 5.78. The monoisotopic (exact) mass is 356 g/mol. The number of aromatic nitrogens is 1. The first kappa shape index (κ1) is 14.2. The summed E-state index contributed by atoms with van der Waals surface area (Å²) in [5, 5.41) is 5.30. The molecule has 3 atom stereocenters. The van der Waals surface area contributed by atoms with Gasteiger partial charge in [0.05, 0.1) is 10.2 Å². The van der Waals surface area contributed by atoms with Crippen LogP contribution in [0.4, 0.5) is 5.13 Å². The molecule has 0 aromatic carbocycles. The van der Waals surface area contributed by atoms with E-state index in [0.29, 0.717) is 5.13 Å². The van der Waals surface area contributed by atoms with Crippen LogP contribution in [0.2, 0.25) is 0 Å². The molecule has 0 aliphatic heterocycles. The van der Waals surface area contributed by atoms with Gasteiger partial charge in [0.1, 0.15) is 0 Å². The van der Waals surface area contributed by atoms with E-state index in [-0.39, 0.29) is 17.1 Å². The van der Waals surface area contributed by atoms with Crippen molar-refractivity contribution in [3.63, 3.8) is 0 Å². The summed E-state index contributed by atoms with van der Waals surface area (Å²) in [5.41, 5.74) is -1.49. The maximum absolute atomic E-state index is 12.9. The largest absolute Gasteiger partial charge is 0.301 e. The number of rotatable bonds is 2. The zero-order chi connectivity index (χ0) is 14.8. The smallest absolute Gasteiger partial charge is 0.234 e. The van der Waals surface area contributed by atoms with Crippen LogP contribution in [0.25, 0.3) is 0 Å². The van der Waals surface area contributed by atoms with Crippen molar-refractivity contribution in [1.82, 2.24) is 4.98 Å². The second-order valence-electron chi connectivity index (χ2n) is 6.45. The van der Waals surface area contributed by atoms with E-state index >= 15 is 0 Å². The predicted molar refractivity (Wildman–Crippen MR) is 82.0 cm³/mol. The molecule has 2 fully saturated rings. The van der Waals surface area contributed by atoms with E-state index in [1.807, 2.05) is 26.2 Å². The van der Waals surface area contributed by atoms with Crippen LogP contribution in [0.15, 0.2) is 11.6 Å². The van der Waals surface area contributed by atoms with Crippen LogP contribution in [0, 0.1) is 16.2 Å². The molecule has 1 aromatic rings. The maximum Gasteiger partial charge on any atom is 0.234 e. The molecule has 1 amide bonds. The fourth-order valence-corrected chi connectivity index (χ4v) is 5.99. The Morgan fingerprint density at radius 1 is 1.45 bits per heavy atom. The SMILES string of the molecule is CC1(C)[C@@]2(C)CC[C@]1(C(=O)Nc1nccs1)[C@H](Br)C2=O. The first-order valence-electron chi connectivity index (χ1n) is 6.67. The number of ketones is 1. The molecule has 3 rings (SSSR count). The minimum atomic E-state index is -0.690. The molecule has 1 heterocycles.